The zero-order chi connectivity index (χ0) is 10.6. The van der Waals surface area contributed by atoms with Crippen molar-refractivity contribution >= 4 is 23.5 Å². The maximum atomic E-state index is 11.0. The summed E-state index contributed by atoms with van der Waals surface area (Å²) in [5, 5.41) is 9.22. The molecule has 0 radical (unpaired) electrons. The first kappa shape index (κ1) is 11.7. The first-order valence-electron chi connectivity index (χ1n) is 3.84. The van der Waals surface area contributed by atoms with Gasteiger partial charge in [0.1, 0.15) is 5.75 Å². The third-order valence-corrected chi connectivity index (χ3v) is 3.01. The third-order valence-electron chi connectivity index (χ3n) is 1.50. The summed E-state index contributed by atoms with van der Waals surface area (Å²) in [5.74, 6) is 0.273. The Morgan fingerprint density at radius 1 is 1.36 bits per heavy atom. The fourth-order valence-corrected chi connectivity index (χ4v) is 1.72. The number of rotatable bonds is 4. The molecule has 1 rings (SSSR count). The molecule has 0 bridgehead atoms. The lowest BCUT2D eigenvalue weighted by Crippen LogP contribution is -1.95. The highest BCUT2D eigenvalue weighted by molar-refractivity contribution is 9.08. The van der Waals surface area contributed by atoms with Crippen LogP contribution < -0.4 is 4.52 Å². The lowest BCUT2D eigenvalue weighted by molar-refractivity contribution is 0.292. The Bertz CT molecular complexity index is 338. The molecule has 0 aliphatic rings. The lowest BCUT2D eigenvalue weighted by Gasteiger charge is -2.10. The molecule has 0 aliphatic carbocycles. The van der Waals surface area contributed by atoms with Crippen molar-refractivity contribution in [3.8, 4) is 5.75 Å². The van der Waals surface area contributed by atoms with Gasteiger partial charge in [0.05, 0.1) is 0 Å². The van der Waals surface area contributed by atoms with E-state index in [0.717, 1.165) is 5.56 Å². The molecule has 0 saturated carbocycles. The Labute approximate surface area is 90.2 Å². The minimum Gasteiger partial charge on any atom is -0.423 e. The molecule has 0 aliphatic heterocycles. The molecule has 0 spiro atoms. The second kappa shape index (κ2) is 4.94. The number of halogens is 1. The summed E-state index contributed by atoms with van der Waals surface area (Å²) in [7, 11) is -3.88. The van der Waals surface area contributed by atoms with Crippen LogP contribution in [0.1, 0.15) is 5.56 Å². The van der Waals surface area contributed by atoms with Crippen LogP contribution >= 0.6 is 23.5 Å². The molecule has 4 nitrogen and oxygen atoms in total. The molecule has 0 amide bonds. The van der Waals surface area contributed by atoms with Gasteiger partial charge < -0.3 is 14.5 Å². The molecule has 0 heterocycles. The van der Waals surface area contributed by atoms with Gasteiger partial charge in [0.25, 0.3) is 0 Å². The standard InChI is InChI=1S/C8H10BrO4P/c9-5-7-1-3-8(4-2-7)13-14(11,12)6-10/h1-4,10H,5-6H2,(H,11,12). The highest BCUT2D eigenvalue weighted by Crippen LogP contribution is 2.41. The second-order valence-electron chi connectivity index (χ2n) is 2.65. The van der Waals surface area contributed by atoms with Crippen LogP contribution in [0.5, 0.6) is 5.75 Å². The fraction of sp³-hybridized carbons (Fsp3) is 0.250. The van der Waals surface area contributed by atoms with Gasteiger partial charge in [0, 0.05) is 5.33 Å². The van der Waals surface area contributed by atoms with E-state index in [-0.39, 0.29) is 5.75 Å². The molecule has 1 unspecified atom stereocenters. The highest BCUT2D eigenvalue weighted by Gasteiger charge is 2.18. The lowest BCUT2D eigenvalue weighted by atomic mass is 10.2. The number of aliphatic hydroxyl groups is 1. The summed E-state index contributed by atoms with van der Waals surface area (Å²) in [4.78, 5) is 8.98. The van der Waals surface area contributed by atoms with Crippen molar-refractivity contribution in [3.05, 3.63) is 29.8 Å². The van der Waals surface area contributed by atoms with Gasteiger partial charge in [-0.3, -0.25) is 0 Å². The molecule has 1 aromatic carbocycles. The van der Waals surface area contributed by atoms with Crippen LogP contribution in [0.25, 0.3) is 0 Å². The van der Waals surface area contributed by atoms with E-state index < -0.39 is 13.9 Å². The van der Waals surface area contributed by atoms with Crippen LogP contribution in [0.15, 0.2) is 24.3 Å². The Balaban J connectivity index is 2.74. The molecule has 0 aromatic heterocycles. The molecule has 1 aromatic rings. The van der Waals surface area contributed by atoms with Gasteiger partial charge in [-0.05, 0) is 17.7 Å². The maximum Gasteiger partial charge on any atom is 0.401 e. The molecule has 1 atom stereocenters. The summed E-state index contributed by atoms with van der Waals surface area (Å²) >= 11 is 3.27. The van der Waals surface area contributed by atoms with Gasteiger partial charge in [-0.1, -0.05) is 28.1 Å². The van der Waals surface area contributed by atoms with Gasteiger partial charge in [0.2, 0.25) is 0 Å². The maximum absolute atomic E-state index is 11.0. The average molecular weight is 281 g/mol. The van der Waals surface area contributed by atoms with Crippen LogP contribution in [-0.2, 0) is 9.90 Å². The topological polar surface area (TPSA) is 66.8 Å². The number of benzene rings is 1. The summed E-state index contributed by atoms with van der Waals surface area (Å²) in [6.07, 6.45) is -0.882. The Kier molecular flexibility index (Phi) is 4.13. The van der Waals surface area contributed by atoms with Crippen molar-refractivity contribution in [1.29, 1.82) is 0 Å². The predicted octanol–water partition coefficient (Wildman–Crippen LogP) is 2.10. The zero-order valence-electron chi connectivity index (χ0n) is 7.26. The van der Waals surface area contributed by atoms with E-state index in [1.165, 1.54) is 0 Å². The quantitative estimate of drug-likeness (QED) is 0.655. The summed E-state index contributed by atoms with van der Waals surface area (Å²) in [6.45, 7) is 0. The van der Waals surface area contributed by atoms with E-state index in [9.17, 15) is 4.57 Å². The Hall–Kier alpha value is -0.350. The molecule has 0 fully saturated rings. The number of hydrogen-bond acceptors (Lipinski definition) is 3. The van der Waals surface area contributed by atoms with Crippen LogP contribution in [0.3, 0.4) is 0 Å². The van der Waals surface area contributed by atoms with Gasteiger partial charge in [-0.2, -0.15) is 0 Å². The monoisotopic (exact) mass is 280 g/mol. The molecule has 0 saturated heterocycles. The normalized spacial score (nSPS) is 14.8. The first-order valence-corrected chi connectivity index (χ1v) is 6.73. The van der Waals surface area contributed by atoms with Crippen molar-refractivity contribution in [2.75, 3.05) is 6.35 Å². The molecule has 6 heteroatoms. The predicted molar refractivity (Wildman–Crippen MR) is 56.6 cm³/mol. The Morgan fingerprint density at radius 3 is 2.36 bits per heavy atom. The minimum absolute atomic E-state index is 0.273. The molecule has 2 N–H and O–H groups in total. The summed E-state index contributed by atoms with van der Waals surface area (Å²) < 4.78 is 15.7. The van der Waals surface area contributed by atoms with Crippen molar-refractivity contribution in [2.24, 2.45) is 0 Å². The average Bonchev–Trinajstić information content (AvgIpc) is 2.19. The molecule has 78 valence electrons. The van der Waals surface area contributed by atoms with Crippen LogP contribution in [0.2, 0.25) is 0 Å². The molecule has 14 heavy (non-hydrogen) atoms. The molecular formula is C8H10BrO4P. The number of alkyl halides is 1. The second-order valence-corrected chi connectivity index (χ2v) is 4.95. The van der Waals surface area contributed by atoms with E-state index in [4.69, 9.17) is 14.5 Å². The largest absolute Gasteiger partial charge is 0.423 e. The third kappa shape index (κ3) is 3.42. The SMILES string of the molecule is O=P(O)(CO)Oc1ccc(CBr)cc1. The minimum atomic E-state index is -3.88. The number of hydrogen-bond donors (Lipinski definition) is 2. The van der Waals surface area contributed by atoms with Crippen LogP contribution in [0.4, 0.5) is 0 Å². The fourth-order valence-electron chi connectivity index (χ4n) is 0.833. The van der Waals surface area contributed by atoms with Gasteiger partial charge in [0.15, 0.2) is 6.35 Å². The van der Waals surface area contributed by atoms with Crippen molar-refractivity contribution in [1.82, 2.24) is 0 Å². The highest BCUT2D eigenvalue weighted by atomic mass is 79.9. The van der Waals surface area contributed by atoms with Crippen molar-refractivity contribution < 1.29 is 19.1 Å². The number of aliphatic hydroxyl groups excluding tert-OH is 1. The van der Waals surface area contributed by atoms with Gasteiger partial charge in [-0.25, -0.2) is 4.57 Å². The van der Waals surface area contributed by atoms with Gasteiger partial charge >= 0.3 is 7.60 Å². The van der Waals surface area contributed by atoms with Crippen LogP contribution in [0, 0.1) is 0 Å². The van der Waals surface area contributed by atoms with Crippen molar-refractivity contribution in [2.45, 2.75) is 5.33 Å². The Morgan fingerprint density at radius 2 is 1.93 bits per heavy atom. The van der Waals surface area contributed by atoms with E-state index in [2.05, 4.69) is 15.9 Å². The van der Waals surface area contributed by atoms with Crippen LogP contribution in [-0.4, -0.2) is 16.3 Å². The van der Waals surface area contributed by atoms with E-state index >= 15 is 0 Å². The van der Waals surface area contributed by atoms with E-state index in [1.807, 2.05) is 0 Å². The van der Waals surface area contributed by atoms with E-state index in [1.54, 1.807) is 24.3 Å². The summed E-state index contributed by atoms with van der Waals surface area (Å²) in [6, 6.07) is 6.69. The van der Waals surface area contributed by atoms with Gasteiger partial charge in [-0.15, -0.1) is 0 Å². The summed E-state index contributed by atoms with van der Waals surface area (Å²) in [5.41, 5.74) is 1.04. The first-order chi connectivity index (χ1) is 6.57. The molecular weight excluding hydrogens is 271 g/mol. The zero-order valence-corrected chi connectivity index (χ0v) is 9.74. The smallest absolute Gasteiger partial charge is 0.401 e. The van der Waals surface area contributed by atoms with Crippen molar-refractivity contribution in [3.63, 3.8) is 0 Å². The van der Waals surface area contributed by atoms with E-state index in [0.29, 0.717) is 5.33 Å².